The molecule has 116 valence electrons. The summed E-state index contributed by atoms with van der Waals surface area (Å²) in [6, 6.07) is 17.1. The summed E-state index contributed by atoms with van der Waals surface area (Å²) in [6.45, 7) is 0. The van der Waals surface area contributed by atoms with Crippen molar-refractivity contribution >= 4 is 24.0 Å². The van der Waals surface area contributed by atoms with Crippen molar-refractivity contribution in [1.82, 2.24) is 0 Å². The Hall–Kier alpha value is -1.78. The van der Waals surface area contributed by atoms with Crippen molar-refractivity contribution in [3.05, 3.63) is 54.1 Å². The number of hydrogen-bond acceptors (Lipinski definition) is 3. The minimum absolute atomic E-state index is 0.547. The lowest BCUT2D eigenvalue weighted by Crippen LogP contribution is -2.35. The molecule has 5 rings (SSSR count). The van der Waals surface area contributed by atoms with Crippen molar-refractivity contribution in [3.63, 3.8) is 0 Å². The third kappa shape index (κ3) is 1.85. The van der Waals surface area contributed by atoms with E-state index in [2.05, 4.69) is 29.2 Å². The molecule has 4 heteroatoms. The Morgan fingerprint density at radius 3 is 2.43 bits per heavy atom. The van der Waals surface area contributed by atoms with E-state index in [-0.39, 0.29) is 0 Å². The standard InChI is InChI=1S/C19H20BNO2/c22-20(23)14-7-9-15(10-8-14)21-17-4-2-1-3-16(17)18-12-5-6-13(11-12)19(18)21/h1-4,7-10,12-13,18-19,22-23H,5-6,11H2/t12-,13+,18?,19?/m0/s1. The van der Waals surface area contributed by atoms with E-state index in [9.17, 15) is 10.0 Å². The Kier molecular flexibility index (Phi) is 2.88. The molecule has 4 atom stereocenters. The number of benzene rings is 2. The molecule has 2 saturated carbocycles. The molecular formula is C19H20BNO2. The van der Waals surface area contributed by atoms with Crippen LogP contribution in [0.4, 0.5) is 11.4 Å². The Balaban J connectivity index is 1.61. The molecule has 0 saturated heterocycles. The van der Waals surface area contributed by atoms with Crippen molar-refractivity contribution in [1.29, 1.82) is 0 Å². The summed E-state index contributed by atoms with van der Waals surface area (Å²) in [6.07, 6.45) is 4.10. The number of nitrogens with zero attached hydrogens (tertiary/aromatic N) is 1. The van der Waals surface area contributed by atoms with Crippen LogP contribution in [0.2, 0.25) is 0 Å². The quantitative estimate of drug-likeness (QED) is 0.837. The molecule has 2 fully saturated rings. The van der Waals surface area contributed by atoms with Crippen molar-refractivity contribution in [2.75, 3.05) is 4.90 Å². The zero-order chi connectivity index (χ0) is 15.6. The highest BCUT2D eigenvalue weighted by Gasteiger charge is 2.55. The van der Waals surface area contributed by atoms with Crippen LogP contribution in [0.3, 0.4) is 0 Å². The molecule has 3 nitrogen and oxygen atoms in total. The SMILES string of the molecule is OB(O)c1ccc(N2c3ccccc3C3C2[C@@H]2CC[C@H]3C2)cc1. The lowest BCUT2D eigenvalue weighted by molar-refractivity contribution is 0.382. The first-order chi connectivity index (χ1) is 11.2. The van der Waals surface area contributed by atoms with Crippen LogP contribution >= 0.6 is 0 Å². The second-order valence-electron chi connectivity index (χ2n) is 7.24. The van der Waals surface area contributed by atoms with E-state index in [1.54, 1.807) is 0 Å². The van der Waals surface area contributed by atoms with Gasteiger partial charge in [-0.2, -0.15) is 0 Å². The summed E-state index contributed by atoms with van der Waals surface area (Å²) in [4.78, 5) is 2.51. The largest absolute Gasteiger partial charge is 0.488 e. The van der Waals surface area contributed by atoms with Crippen molar-refractivity contribution in [2.45, 2.75) is 31.2 Å². The van der Waals surface area contributed by atoms with Gasteiger partial charge in [0.25, 0.3) is 0 Å². The zero-order valence-electron chi connectivity index (χ0n) is 13.0. The zero-order valence-corrected chi connectivity index (χ0v) is 13.0. The lowest BCUT2D eigenvalue weighted by atomic mass is 9.80. The smallest absolute Gasteiger partial charge is 0.423 e. The maximum absolute atomic E-state index is 9.32. The van der Waals surface area contributed by atoms with E-state index in [1.165, 1.54) is 36.2 Å². The molecule has 3 aliphatic rings. The first kappa shape index (κ1) is 13.6. The van der Waals surface area contributed by atoms with Crippen molar-refractivity contribution in [3.8, 4) is 0 Å². The molecule has 23 heavy (non-hydrogen) atoms. The van der Waals surface area contributed by atoms with Crippen LogP contribution in [0.25, 0.3) is 0 Å². The fourth-order valence-corrected chi connectivity index (χ4v) is 5.34. The Morgan fingerprint density at radius 1 is 0.913 bits per heavy atom. The fraction of sp³-hybridized carbons (Fsp3) is 0.368. The van der Waals surface area contributed by atoms with Gasteiger partial charge in [-0.1, -0.05) is 30.3 Å². The van der Waals surface area contributed by atoms with E-state index in [0.717, 1.165) is 11.8 Å². The van der Waals surface area contributed by atoms with Crippen molar-refractivity contribution in [2.24, 2.45) is 11.8 Å². The third-order valence-electron chi connectivity index (χ3n) is 6.20. The van der Waals surface area contributed by atoms with Crippen LogP contribution < -0.4 is 10.4 Å². The Morgan fingerprint density at radius 2 is 1.65 bits per heavy atom. The topological polar surface area (TPSA) is 43.7 Å². The molecule has 1 heterocycles. The lowest BCUT2D eigenvalue weighted by Gasteiger charge is -2.33. The molecule has 0 radical (unpaired) electrons. The molecule has 2 N–H and O–H groups in total. The first-order valence-corrected chi connectivity index (χ1v) is 8.58. The first-order valence-electron chi connectivity index (χ1n) is 8.58. The van der Waals surface area contributed by atoms with E-state index in [0.29, 0.717) is 17.4 Å². The third-order valence-corrected chi connectivity index (χ3v) is 6.20. The van der Waals surface area contributed by atoms with Crippen molar-refractivity contribution < 1.29 is 10.0 Å². The number of hydrogen-bond donors (Lipinski definition) is 2. The van der Waals surface area contributed by atoms with Gasteiger partial charge in [0.15, 0.2) is 0 Å². The summed E-state index contributed by atoms with van der Waals surface area (Å²) >= 11 is 0. The molecule has 0 aromatic heterocycles. The second kappa shape index (κ2) is 4.86. The molecular weight excluding hydrogens is 285 g/mol. The van der Waals surface area contributed by atoms with Gasteiger partial charge in [-0.05, 0) is 60.3 Å². The van der Waals surface area contributed by atoms with Gasteiger partial charge in [0, 0.05) is 23.3 Å². The molecule has 2 aromatic rings. The monoisotopic (exact) mass is 305 g/mol. The van der Waals surface area contributed by atoms with Gasteiger partial charge >= 0.3 is 7.12 Å². The molecule has 2 aromatic carbocycles. The summed E-state index contributed by atoms with van der Waals surface area (Å²) in [5.41, 5.74) is 4.57. The van der Waals surface area contributed by atoms with Gasteiger partial charge < -0.3 is 14.9 Å². The van der Waals surface area contributed by atoms with Crippen LogP contribution in [0.5, 0.6) is 0 Å². The van der Waals surface area contributed by atoms with Gasteiger partial charge in [-0.3, -0.25) is 0 Å². The van der Waals surface area contributed by atoms with E-state index < -0.39 is 7.12 Å². The number of rotatable bonds is 2. The minimum Gasteiger partial charge on any atom is -0.423 e. The average molecular weight is 305 g/mol. The highest BCUT2D eigenvalue weighted by atomic mass is 16.4. The highest BCUT2D eigenvalue weighted by molar-refractivity contribution is 6.58. The van der Waals surface area contributed by atoms with Gasteiger partial charge in [0.1, 0.15) is 0 Å². The predicted octanol–water partition coefficient (Wildman–Crippen LogP) is 2.40. The van der Waals surface area contributed by atoms with Crippen LogP contribution in [-0.4, -0.2) is 23.2 Å². The van der Waals surface area contributed by atoms with Crippen LogP contribution in [-0.2, 0) is 0 Å². The second-order valence-corrected chi connectivity index (χ2v) is 7.24. The summed E-state index contributed by atoms with van der Waals surface area (Å²) in [5, 5.41) is 18.6. The van der Waals surface area contributed by atoms with E-state index in [4.69, 9.17) is 0 Å². The van der Waals surface area contributed by atoms with Crippen LogP contribution in [0.15, 0.2) is 48.5 Å². The number of fused-ring (bicyclic) bond motifs is 7. The van der Waals surface area contributed by atoms with Gasteiger partial charge in [-0.25, -0.2) is 0 Å². The summed E-state index contributed by atoms with van der Waals surface area (Å²) < 4.78 is 0. The molecule has 2 unspecified atom stereocenters. The number of anilines is 2. The van der Waals surface area contributed by atoms with Gasteiger partial charge in [0.05, 0.1) is 0 Å². The maximum Gasteiger partial charge on any atom is 0.488 e. The summed E-state index contributed by atoms with van der Waals surface area (Å²) in [7, 11) is -1.40. The average Bonchev–Trinajstić information content (AvgIpc) is 3.26. The minimum atomic E-state index is -1.40. The maximum atomic E-state index is 9.32. The molecule has 0 amide bonds. The molecule has 1 aliphatic heterocycles. The van der Waals surface area contributed by atoms with Gasteiger partial charge in [-0.15, -0.1) is 0 Å². The molecule has 0 spiro atoms. The molecule has 2 bridgehead atoms. The summed E-state index contributed by atoms with van der Waals surface area (Å²) in [5.74, 6) is 2.31. The van der Waals surface area contributed by atoms with Crippen LogP contribution in [0.1, 0.15) is 30.7 Å². The van der Waals surface area contributed by atoms with Gasteiger partial charge in [0.2, 0.25) is 0 Å². The Labute approximate surface area is 136 Å². The number of para-hydroxylation sites is 1. The Bertz CT molecular complexity index is 745. The highest BCUT2D eigenvalue weighted by Crippen LogP contribution is 2.62. The molecule has 2 aliphatic carbocycles. The predicted molar refractivity (Wildman–Crippen MR) is 92.2 cm³/mol. The van der Waals surface area contributed by atoms with Crippen LogP contribution in [0, 0.1) is 11.8 Å². The van der Waals surface area contributed by atoms with E-state index >= 15 is 0 Å². The van der Waals surface area contributed by atoms with E-state index in [1.807, 2.05) is 24.3 Å². The fourth-order valence-electron chi connectivity index (χ4n) is 5.34. The normalized spacial score (nSPS) is 30.4.